The van der Waals surface area contributed by atoms with Gasteiger partial charge in [0.15, 0.2) is 0 Å². The quantitative estimate of drug-likeness (QED) is 0.452. The van der Waals surface area contributed by atoms with Crippen LogP contribution in [-0.4, -0.2) is 18.9 Å². The van der Waals surface area contributed by atoms with E-state index < -0.39 is 0 Å². The van der Waals surface area contributed by atoms with Crippen LogP contribution in [0.2, 0.25) is 0 Å². The third-order valence-electron chi connectivity index (χ3n) is 1.20. The molecule has 0 saturated carbocycles. The minimum Gasteiger partial charge on any atom is -1.00 e. The van der Waals surface area contributed by atoms with Gasteiger partial charge in [0.1, 0.15) is 0 Å². The van der Waals surface area contributed by atoms with Gasteiger partial charge in [0.05, 0.1) is 6.04 Å². The molecule has 0 aromatic rings. The summed E-state index contributed by atoms with van der Waals surface area (Å²) in [7, 11) is 0. The Labute approximate surface area is 73.9 Å². The molecule has 0 amide bonds. The molecular weight excluding hydrogens is 191 g/mol. The van der Waals surface area contributed by atoms with Crippen LogP contribution < -0.4 is 17.7 Å². The van der Waals surface area contributed by atoms with Gasteiger partial charge in [-0.15, -0.1) is 0 Å². The van der Waals surface area contributed by atoms with E-state index in [0.29, 0.717) is 0 Å². The molecule has 4 heteroatoms. The summed E-state index contributed by atoms with van der Waals surface area (Å²) in [6, 6.07) is 0.0417. The summed E-state index contributed by atoms with van der Waals surface area (Å²) in [4.78, 5) is 9.82. The zero-order chi connectivity index (χ0) is 5.11. The van der Waals surface area contributed by atoms with Gasteiger partial charge in [-0.05, 0) is 19.4 Å². The third kappa shape index (κ3) is 4.02. The summed E-state index contributed by atoms with van der Waals surface area (Å²) in [5, 5.41) is 2.98. The molecular formula is C5H8ClNOZn-. The second-order valence-corrected chi connectivity index (χ2v) is 1.77. The Bertz CT molecular complexity index is 75.4. The van der Waals surface area contributed by atoms with Gasteiger partial charge in [0, 0.05) is 19.5 Å². The SMILES string of the molecule is O=[C][C@@H]1CCCN1.[Cl-].[Zn]. The predicted octanol–water partition coefficient (Wildman–Crippen LogP) is -3.15. The number of carbonyl (C=O) groups excluding carboxylic acids is 1. The van der Waals surface area contributed by atoms with Crippen molar-refractivity contribution in [3.63, 3.8) is 0 Å². The molecule has 1 N–H and O–H groups in total. The topological polar surface area (TPSA) is 29.1 Å². The molecule has 49 valence electrons. The van der Waals surface area contributed by atoms with Gasteiger partial charge in [-0.2, -0.15) is 0 Å². The molecule has 1 rings (SSSR count). The van der Waals surface area contributed by atoms with Crippen molar-refractivity contribution in [1.29, 1.82) is 0 Å². The first kappa shape index (κ1) is 12.2. The van der Waals surface area contributed by atoms with Gasteiger partial charge in [-0.1, -0.05) is 0 Å². The number of rotatable bonds is 1. The Hall–Kier alpha value is 0.543. The van der Waals surface area contributed by atoms with E-state index in [9.17, 15) is 4.79 Å². The molecule has 1 aliphatic rings. The molecule has 0 unspecified atom stereocenters. The maximum absolute atomic E-state index is 9.82. The van der Waals surface area contributed by atoms with Crippen molar-refractivity contribution in [3.8, 4) is 0 Å². The third-order valence-corrected chi connectivity index (χ3v) is 1.20. The van der Waals surface area contributed by atoms with Crippen molar-refractivity contribution in [2.75, 3.05) is 6.54 Å². The fraction of sp³-hybridized carbons (Fsp3) is 0.800. The molecule has 1 fully saturated rings. The number of hydrogen-bond donors (Lipinski definition) is 1. The van der Waals surface area contributed by atoms with Crippen LogP contribution in [0.5, 0.6) is 0 Å². The largest absolute Gasteiger partial charge is 1.00 e. The fourth-order valence-electron chi connectivity index (χ4n) is 0.785. The molecule has 1 saturated heterocycles. The first-order valence-corrected chi connectivity index (χ1v) is 2.54. The molecule has 0 bridgehead atoms. The average molecular weight is 199 g/mol. The summed E-state index contributed by atoms with van der Waals surface area (Å²) in [6.45, 7) is 0.986. The fourth-order valence-corrected chi connectivity index (χ4v) is 0.785. The maximum Gasteiger partial charge on any atom is 0.216 e. The van der Waals surface area contributed by atoms with Crippen LogP contribution in [0.1, 0.15) is 12.8 Å². The van der Waals surface area contributed by atoms with Crippen LogP contribution in [0.3, 0.4) is 0 Å². The van der Waals surface area contributed by atoms with E-state index in [4.69, 9.17) is 0 Å². The normalized spacial score (nSPS) is 23.8. The Morgan fingerprint density at radius 3 is 2.44 bits per heavy atom. The summed E-state index contributed by atoms with van der Waals surface area (Å²) in [5.74, 6) is 0. The molecule has 1 aliphatic heterocycles. The Morgan fingerprint density at radius 1 is 1.56 bits per heavy atom. The zero-order valence-electron chi connectivity index (χ0n) is 5.19. The van der Waals surface area contributed by atoms with E-state index in [1.807, 2.05) is 6.29 Å². The monoisotopic (exact) mass is 197 g/mol. The second kappa shape index (κ2) is 6.66. The van der Waals surface area contributed by atoms with Crippen LogP contribution in [-0.2, 0) is 24.3 Å². The second-order valence-electron chi connectivity index (χ2n) is 1.77. The molecule has 0 aromatic carbocycles. The summed E-state index contributed by atoms with van der Waals surface area (Å²) < 4.78 is 0. The predicted molar refractivity (Wildman–Crippen MR) is 26.7 cm³/mol. The standard InChI is InChI=1S/C5H8NO.ClH.Zn/c7-4-5-2-1-3-6-5;;/h5-6H,1-3H2;1H;/p-1/t5-;;/m0../s1. The Kier molecular flexibility index (Phi) is 9.06. The van der Waals surface area contributed by atoms with Crippen LogP contribution in [0.15, 0.2) is 0 Å². The summed E-state index contributed by atoms with van der Waals surface area (Å²) >= 11 is 0. The van der Waals surface area contributed by atoms with Gasteiger partial charge >= 0.3 is 0 Å². The van der Waals surface area contributed by atoms with Crippen LogP contribution >= 0.6 is 0 Å². The van der Waals surface area contributed by atoms with E-state index in [1.54, 1.807) is 0 Å². The summed E-state index contributed by atoms with van der Waals surface area (Å²) in [6.07, 6.45) is 4.00. The van der Waals surface area contributed by atoms with Crippen molar-refractivity contribution in [3.05, 3.63) is 0 Å². The molecule has 2 nitrogen and oxygen atoms in total. The Balaban J connectivity index is 0. The van der Waals surface area contributed by atoms with E-state index in [1.165, 1.54) is 0 Å². The van der Waals surface area contributed by atoms with Crippen molar-refractivity contribution < 1.29 is 36.7 Å². The number of halogens is 1. The molecule has 0 aromatic heterocycles. The van der Waals surface area contributed by atoms with Gasteiger partial charge in [-0.25, -0.2) is 0 Å². The smallest absolute Gasteiger partial charge is 0.216 e. The molecule has 1 atom stereocenters. The van der Waals surface area contributed by atoms with Crippen molar-refractivity contribution in [1.82, 2.24) is 5.32 Å². The van der Waals surface area contributed by atoms with Gasteiger partial charge < -0.3 is 17.7 Å². The van der Waals surface area contributed by atoms with Crippen molar-refractivity contribution >= 4 is 6.29 Å². The van der Waals surface area contributed by atoms with Gasteiger partial charge in [0.25, 0.3) is 0 Å². The van der Waals surface area contributed by atoms with Crippen LogP contribution in [0, 0.1) is 0 Å². The maximum atomic E-state index is 9.82. The molecule has 9 heavy (non-hydrogen) atoms. The summed E-state index contributed by atoms with van der Waals surface area (Å²) in [5.41, 5.74) is 0. The molecule has 1 heterocycles. The molecule has 0 aliphatic carbocycles. The number of nitrogens with one attached hydrogen (secondary N) is 1. The van der Waals surface area contributed by atoms with E-state index in [-0.39, 0.29) is 37.9 Å². The van der Waals surface area contributed by atoms with E-state index in [2.05, 4.69) is 5.32 Å². The average Bonchev–Trinajstić information content (AvgIpc) is 2.14. The van der Waals surface area contributed by atoms with Crippen LogP contribution in [0.4, 0.5) is 0 Å². The molecule has 1 radical (unpaired) electrons. The van der Waals surface area contributed by atoms with Gasteiger partial charge in [-0.3, -0.25) is 4.79 Å². The van der Waals surface area contributed by atoms with E-state index >= 15 is 0 Å². The van der Waals surface area contributed by atoms with E-state index in [0.717, 1.165) is 19.4 Å². The van der Waals surface area contributed by atoms with Crippen molar-refractivity contribution in [2.45, 2.75) is 18.9 Å². The first-order valence-electron chi connectivity index (χ1n) is 2.54. The zero-order valence-corrected chi connectivity index (χ0v) is 8.92. The minimum atomic E-state index is 0. The Morgan fingerprint density at radius 2 is 2.22 bits per heavy atom. The van der Waals surface area contributed by atoms with Gasteiger partial charge in [0.2, 0.25) is 6.29 Å². The van der Waals surface area contributed by atoms with Crippen molar-refractivity contribution in [2.24, 2.45) is 0 Å². The molecule has 0 spiro atoms. The minimum absolute atomic E-state index is 0. The number of hydrogen-bond acceptors (Lipinski definition) is 2. The van der Waals surface area contributed by atoms with Crippen LogP contribution in [0.25, 0.3) is 0 Å². The first-order chi connectivity index (χ1) is 3.43.